The summed E-state index contributed by atoms with van der Waals surface area (Å²) in [7, 11) is 1.89. The molecule has 1 amide bonds. The Kier molecular flexibility index (Phi) is 6.89. The number of carbonyl (C=O) groups is 1. The number of carbonyl (C=O) groups excluding carboxylic acids is 1. The number of amides is 1. The van der Waals surface area contributed by atoms with Crippen LogP contribution in [0.4, 0.5) is 5.82 Å². The number of aliphatic hydroxyl groups excluding tert-OH is 1. The van der Waals surface area contributed by atoms with E-state index < -0.39 is 0 Å². The molecule has 6 rings (SSSR count). The van der Waals surface area contributed by atoms with Crippen molar-refractivity contribution >= 4 is 11.7 Å². The van der Waals surface area contributed by atoms with Gasteiger partial charge in [0.05, 0.1) is 12.3 Å². The summed E-state index contributed by atoms with van der Waals surface area (Å²) in [6, 6.07) is 0. The lowest BCUT2D eigenvalue weighted by Gasteiger charge is -2.58. The van der Waals surface area contributed by atoms with Crippen LogP contribution in [0, 0.1) is 40.4 Å². The summed E-state index contributed by atoms with van der Waals surface area (Å²) in [6.07, 6.45) is 15.7. The first-order chi connectivity index (χ1) is 18.2. The van der Waals surface area contributed by atoms with E-state index >= 15 is 0 Å². The van der Waals surface area contributed by atoms with Crippen LogP contribution in [-0.4, -0.2) is 63.2 Å². The summed E-state index contributed by atoms with van der Waals surface area (Å²) in [5.74, 6) is 5.00. The molecule has 1 N–H and O–H groups in total. The van der Waals surface area contributed by atoms with E-state index in [0.29, 0.717) is 29.1 Å². The van der Waals surface area contributed by atoms with Crippen LogP contribution in [0.1, 0.15) is 85.0 Å². The van der Waals surface area contributed by atoms with Crippen LogP contribution in [0.25, 0.3) is 0 Å². The molecule has 1 saturated heterocycles. The van der Waals surface area contributed by atoms with E-state index in [2.05, 4.69) is 47.0 Å². The molecular formula is C31H49N5O2. The number of aromatic nitrogens is 3. The molecule has 210 valence electrons. The first kappa shape index (κ1) is 26.3. The lowest BCUT2D eigenvalue weighted by Crippen LogP contribution is -2.51. The highest BCUT2D eigenvalue weighted by atomic mass is 16.3. The van der Waals surface area contributed by atoms with Gasteiger partial charge in [-0.15, -0.1) is 5.10 Å². The summed E-state index contributed by atoms with van der Waals surface area (Å²) < 4.78 is 1.73. The standard InChI is InChI=1S/C31H49N5O2/c1-21(5-10-29(38)36-17-15-35(16-18-36)28-20-34(4)33-32-28)25-8-9-26-24-7-6-22-19-23(37)11-13-30(22,2)27(24)12-14-31(25,26)3/h6,20-21,23-27,37H,5,7-19H2,1-4H3/t21-,23+,24+,25-,26+,27+,30+,31-/m1/s1. The number of fused-ring (bicyclic) bond motifs is 5. The molecule has 7 nitrogen and oxygen atoms in total. The summed E-state index contributed by atoms with van der Waals surface area (Å²) in [5, 5.41) is 18.6. The molecule has 0 spiro atoms. The highest BCUT2D eigenvalue weighted by molar-refractivity contribution is 5.76. The number of aryl methyl sites for hydroxylation is 1. The second-order valence-electron chi connectivity index (χ2n) is 14.0. The second-order valence-corrected chi connectivity index (χ2v) is 14.0. The quantitative estimate of drug-likeness (QED) is 0.560. The molecule has 38 heavy (non-hydrogen) atoms. The van der Waals surface area contributed by atoms with Crippen molar-refractivity contribution in [2.24, 2.45) is 47.5 Å². The fourth-order valence-corrected chi connectivity index (χ4v) is 9.99. The number of hydrogen-bond acceptors (Lipinski definition) is 5. The van der Waals surface area contributed by atoms with Gasteiger partial charge in [-0.2, -0.15) is 0 Å². The minimum atomic E-state index is -0.124. The van der Waals surface area contributed by atoms with Crippen molar-refractivity contribution in [3.8, 4) is 0 Å². The third kappa shape index (κ3) is 4.41. The van der Waals surface area contributed by atoms with Crippen molar-refractivity contribution < 1.29 is 9.90 Å². The smallest absolute Gasteiger partial charge is 0.222 e. The Labute approximate surface area is 229 Å². The van der Waals surface area contributed by atoms with E-state index in [0.717, 1.165) is 74.9 Å². The van der Waals surface area contributed by atoms with Crippen molar-refractivity contribution in [1.29, 1.82) is 0 Å². The van der Waals surface area contributed by atoms with Gasteiger partial charge < -0.3 is 14.9 Å². The monoisotopic (exact) mass is 523 g/mol. The number of aliphatic hydroxyl groups is 1. The first-order valence-corrected chi connectivity index (χ1v) is 15.5. The van der Waals surface area contributed by atoms with Crippen molar-refractivity contribution in [2.45, 2.75) is 91.1 Å². The first-order valence-electron chi connectivity index (χ1n) is 15.5. The number of hydrogen-bond donors (Lipinski definition) is 1. The third-order valence-corrected chi connectivity index (χ3v) is 12.2. The van der Waals surface area contributed by atoms with E-state index in [-0.39, 0.29) is 6.10 Å². The summed E-state index contributed by atoms with van der Waals surface area (Å²) >= 11 is 0. The molecule has 8 atom stereocenters. The normalized spacial score (nSPS) is 39.7. The van der Waals surface area contributed by atoms with Crippen LogP contribution in [0.15, 0.2) is 17.8 Å². The van der Waals surface area contributed by atoms with Gasteiger partial charge in [-0.3, -0.25) is 9.48 Å². The van der Waals surface area contributed by atoms with E-state index in [4.69, 9.17) is 0 Å². The van der Waals surface area contributed by atoms with Gasteiger partial charge in [0.1, 0.15) is 0 Å². The predicted octanol–water partition coefficient (Wildman–Crippen LogP) is 4.82. The van der Waals surface area contributed by atoms with Crippen molar-refractivity contribution in [3.63, 3.8) is 0 Å². The summed E-state index contributed by atoms with van der Waals surface area (Å²) in [6.45, 7) is 10.8. The molecule has 1 aromatic heterocycles. The van der Waals surface area contributed by atoms with Gasteiger partial charge in [0.25, 0.3) is 0 Å². The van der Waals surface area contributed by atoms with Gasteiger partial charge in [-0.1, -0.05) is 37.6 Å². The number of nitrogens with zero attached hydrogens (tertiary/aromatic N) is 5. The zero-order chi connectivity index (χ0) is 26.7. The Balaban J connectivity index is 1.04. The maximum atomic E-state index is 13.2. The molecule has 0 bridgehead atoms. The number of allylic oxidation sites excluding steroid dienone is 1. The van der Waals surface area contributed by atoms with Crippen LogP contribution in [0.5, 0.6) is 0 Å². The van der Waals surface area contributed by atoms with E-state index in [1.54, 1.807) is 10.3 Å². The fraction of sp³-hybridized carbons (Fsp3) is 0.839. The highest BCUT2D eigenvalue weighted by Crippen LogP contribution is 2.67. The number of piperazine rings is 1. The average molecular weight is 524 g/mol. The third-order valence-electron chi connectivity index (χ3n) is 12.2. The lowest BCUT2D eigenvalue weighted by molar-refractivity contribution is -0.132. The molecule has 4 aliphatic carbocycles. The van der Waals surface area contributed by atoms with E-state index in [1.807, 2.05) is 13.2 Å². The van der Waals surface area contributed by atoms with Gasteiger partial charge in [-0.05, 0) is 98.2 Å². The molecule has 3 saturated carbocycles. The number of rotatable bonds is 5. The highest BCUT2D eigenvalue weighted by Gasteiger charge is 2.59. The Hall–Kier alpha value is -1.89. The lowest BCUT2D eigenvalue weighted by atomic mass is 9.47. The molecule has 7 heteroatoms. The molecule has 5 aliphatic rings. The fourth-order valence-electron chi connectivity index (χ4n) is 9.99. The van der Waals surface area contributed by atoms with Crippen LogP contribution < -0.4 is 4.90 Å². The van der Waals surface area contributed by atoms with Gasteiger partial charge in [0.15, 0.2) is 5.82 Å². The Bertz CT molecular complexity index is 1060. The van der Waals surface area contributed by atoms with Gasteiger partial charge in [0.2, 0.25) is 5.91 Å². The van der Waals surface area contributed by atoms with Gasteiger partial charge >= 0.3 is 0 Å². The van der Waals surface area contributed by atoms with Crippen LogP contribution in [0.2, 0.25) is 0 Å². The van der Waals surface area contributed by atoms with Crippen LogP contribution in [0.3, 0.4) is 0 Å². The molecule has 2 heterocycles. The minimum absolute atomic E-state index is 0.124. The molecule has 1 aromatic rings. The van der Waals surface area contributed by atoms with E-state index in [9.17, 15) is 9.90 Å². The van der Waals surface area contributed by atoms with Crippen molar-refractivity contribution in [2.75, 3.05) is 31.1 Å². The summed E-state index contributed by atoms with van der Waals surface area (Å²) in [5.41, 5.74) is 2.30. The average Bonchev–Trinajstić information content (AvgIpc) is 3.50. The zero-order valence-electron chi connectivity index (χ0n) is 24.1. The maximum absolute atomic E-state index is 13.2. The van der Waals surface area contributed by atoms with E-state index in [1.165, 1.54) is 38.5 Å². The topological polar surface area (TPSA) is 74.5 Å². The largest absolute Gasteiger partial charge is 0.393 e. The minimum Gasteiger partial charge on any atom is -0.393 e. The Morgan fingerprint density at radius 2 is 1.89 bits per heavy atom. The SMILES string of the molecule is C[C@H](CCC(=O)N1CCN(c2cn(C)nn2)CC1)[C@H]1CC[C@H]2[C@@H]3CC=C4C[C@@H](O)CC[C@]4(C)[C@H]3CC[C@]12C. The number of anilines is 1. The molecule has 0 unspecified atom stereocenters. The predicted molar refractivity (Wildman–Crippen MR) is 149 cm³/mol. The summed E-state index contributed by atoms with van der Waals surface area (Å²) in [4.78, 5) is 17.5. The van der Waals surface area contributed by atoms with Crippen molar-refractivity contribution in [3.05, 3.63) is 17.8 Å². The van der Waals surface area contributed by atoms with Crippen LogP contribution >= 0.6 is 0 Å². The van der Waals surface area contributed by atoms with Gasteiger partial charge in [-0.25, -0.2) is 0 Å². The Morgan fingerprint density at radius 1 is 1.11 bits per heavy atom. The van der Waals surface area contributed by atoms with Crippen LogP contribution in [-0.2, 0) is 11.8 Å². The molecule has 0 aromatic carbocycles. The Morgan fingerprint density at radius 3 is 2.63 bits per heavy atom. The maximum Gasteiger partial charge on any atom is 0.222 e. The molecule has 1 aliphatic heterocycles. The zero-order valence-corrected chi connectivity index (χ0v) is 24.1. The molecule has 4 fully saturated rings. The molecular weight excluding hydrogens is 474 g/mol. The van der Waals surface area contributed by atoms with Crippen molar-refractivity contribution in [1.82, 2.24) is 19.9 Å². The second kappa shape index (κ2) is 9.94. The van der Waals surface area contributed by atoms with Gasteiger partial charge in [0, 0.05) is 39.6 Å². The molecule has 0 radical (unpaired) electrons.